The van der Waals surface area contributed by atoms with Crippen molar-refractivity contribution in [2.24, 2.45) is 5.16 Å². The van der Waals surface area contributed by atoms with E-state index >= 15 is 0 Å². The highest BCUT2D eigenvalue weighted by atomic mass is 16.5. The molecule has 2 aromatic rings. The number of hydrogen-bond donors (Lipinski definition) is 2. The molecule has 0 heterocycles. The van der Waals surface area contributed by atoms with Gasteiger partial charge < -0.3 is 15.3 Å². The van der Waals surface area contributed by atoms with Gasteiger partial charge in [-0.25, -0.2) is 0 Å². The molecule has 0 aliphatic rings. The number of carbonyl (C=O) groups excluding carboxylic acids is 1. The Balaban J connectivity index is 2.00. The fraction of sp³-hybridized carbons (Fsp3) is 0.176. The molecule has 0 saturated heterocycles. The molecular formula is C17H18N2O3. The molecule has 2 rings (SSSR count). The molecule has 0 aliphatic heterocycles. The molecule has 0 spiro atoms. The SMILES string of the molecule is C/C(=N\O)c1ccccc1OCC(=O)Nc1cccc(C)c1. The second kappa shape index (κ2) is 7.26. The zero-order valence-corrected chi connectivity index (χ0v) is 12.5. The average Bonchev–Trinajstić information content (AvgIpc) is 2.52. The van der Waals surface area contributed by atoms with E-state index < -0.39 is 0 Å². The predicted molar refractivity (Wildman–Crippen MR) is 85.7 cm³/mol. The molecule has 0 unspecified atom stereocenters. The molecule has 2 aromatic carbocycles. The second-order valence-corrected chi connectivity index (χ2v) is 4.89. The molecule has 5 nitrogen and oxygen atoms in total. The fourth-order valence-corrected chi connectivity index (χ4v) is 2.01. The molecule has 0 saturated carbocycles. The monoisotopic (exact) mass is 298 g/mol. The van der Waals surface area contributed by atoms with Gasteiger partial charge in [0.2, 0.25) is 0 Å². The lowest BCUT2D eigenvalue weighted by Crippen LogP contribution is -2.20. The van der Waals surface area contributed by atoms with Crippen molar-refractivity contribution in [3.63, 3.8) is 0 Å². The van der Waals surface area contributed by atoms with Crippen LogP contribution in [0.25, 0.3) is 0 Å². The number of para-hydroxylation sites is 1. The van der Waals surface area contributed by atoms with Crippen LogP contribution in [0.2, 0.25) is 0 Å². The quantitative estimate of drug-likeness (QED) is 0.506. The Morgan fingerprint density at radius 2 is 2.00 bits per heavy atom. The van der Waals surface area contributed by atoms with Crippen molar-refractivity contribution < 1.29 is 14.7 Å². The summed E-state index contributed by atoms with van der Waals surface area (Å²) in [5.41, 5.74) is 2.87. The maximum absolute atomic E-state index is 11.9. The van der Waals surface area contributed by atoms with Crippen LogP contribution in [0.3, 0.4) is 0 Å². The second-order valence-electron chi connectivity index (χ2n) is 4.89. The lowest BCUT2D eigenvalue weighted by Gasteiger charge is -2.11. The van der Waals surface area contributed by atoms with Gasteiger partial charge in [-0.2, -0.15) is 0 Å². The van der Waals surface area contributed by atoms with Crippen LogP contribution in [0.4, 0.5) is 5.69 Å². The van der Waals surface area contributed by atoms with Crippen LogP contribution in [0.1, 0.15) is 18.1 Å². The van der Waals surface area contributed by atoms with Crippen LogP contribution in [0.5, 0.6) is 5.75 Å². The number of nitrogens with one attached hydrogen (secondary N) is 1. The van der Waals surface area contributed by atoms with Crippen molar-refractivity contribution in [2.75, 3.05) is 11.9 Å². The summed E-state index contributed by atoms with van der Waals surface area (Å²) < 4.78 is 5.52. The van der Waals surface area contributed by atoms with Gasteiger partial charge in [-0.15, -0.1) is 0 Å². The normalized spacial score (nSPS) is 11.1. The van der Waals surface area contributed by atoms with E-state index in [2.05, 4.69) is 10.5 Å². The molecule has 0 aromatic heterocycles. The molecule has 0 atom stereocenters. The van der Waals surface area contributed by atoms with Crippen LogP contribution in [-0.4, -0.2) is 23.4 Å². The Kier molecular flexibility index (Phi) is 5.14. The van der Waals surface area contributed by atoms with Gasteiger partial charge in [0.15, 0.2) is 6.61 Å². The van der Waals surface area contributed by atoms with Gasteiger partial charge in [-0.05, 0) is 43.7 Å². The number of carbonyl (C=O) groups is 1. The number of rotatable bonds is 5. The summed E-state index contributed by atoms with van der Waals surface area (Å²) >= 11 is 0. The summed E-state index contributed by atoms with van der Waals surface area (Å²) in [4.78, 5) is 11.9. The smallest absolute Gasteiger partial charge is 0.262 e. The number of ether oxygens (including phenoxy) is 1. The molecule has 0 fully saturated rings. The molecule has 1 amide bonds. The van der Waals surface area contributed by atoms with Gasteiger partial charge in [0.25, 0.3) is 5.91 Å². The van der Waals surface area contributed by atoms with Gasteiger partial charge >= 0.3 is 0 Å². The topological polar surface area (TPSA) is 70.9 Å². The summed E-state index contributed by atoms with van der Waals surface area (Å²) in [5, 5.41) is 14.8. The van der Waals surface area contributed by atoms with Gasteiger partial charge in [-0.1, -0.05) is 29.4 Å². The minimum absolute atomic E-state index is 0.121. The molecule has 22 heavy (non-hydrogen) atoms. The number of nitrogens with zero attached hydrogens (tertiary/aromatic N) is 1. The van der Waals surface area contributed by atoms with Crippen molar-refractivity contribution in [3.8, 4) is 5.75 Å². The van der Waals surface area contributed by atoms with Crippen LogP contribution in [0.15, 0.2) is 53.7 Å². The van der Waals surface area contributed by atoms with Crippen molar-refractivity contribution in [1.82, 2.24) is 0 Å². The maximum Gasteiger partial charge on any atom is 0.262 e. The number of hydrogen-bond acceptors (Lipinski definition) is 4. The van der Waals surface area contributed by atoms with E-state index in [4.69, 9.17) is 9.94 Å². The summed E-state index contributed by atoms with van der Waals surface area (Å²) in [5.74, 6) is 0.246. The summed E-state index contributed by atoms with van der Waals surface area (Å²) in [7, 11) is 0. The molecular weight excluding hydrogens is 280 g/mol. The van der Waals surface area contributed by atoms with Crippen LogP contribution in [0, 0.1) is 6.92 Å². The average molecular weight is 298 g/mol. The van der Waals surface area contributed by atoms with Crippen molar-refractivity contribution in [1.29, 1.82) is 0 Å². The zero-order valence-electron chi connectivity index (χ0n) is 12.5. The first kappa shape index (κ1) is 15.6. The first-order chi connectivity index (χ1) is 10.6. The lowest BCUT2D eigenvalue weighted by molar-refractivity contribution is -0.118. The summed E-state index contributed by atoms with van der Waals surface area (Å²) in [6.45, 7) is 3.50. The van der Waals surface area contributed by atoms with Gasteiger partial charge in [0, 0.05) is 11.3 Å². The Morgan fingerprint density at radius 3 is 2.73 bits per heavy atom. The lowest BCUT2D eigenvalue weighted by atomic mass is 10.1. The number of aryl methyl sites for hydroxylation is 1. The Bertz CT molecular complexity index is 696. The number of amides is 1. The molecule has 0 radical (unpaired) electrons. The van der Waals surface area contributed by atoms with Gasteiger partial charge in [0.05, 0.1) is 5.71 Å². The van der Waals surface area contributed by atoms with E-state index in [1.165, 1.54) is 0 Å². The van der Waals surface area contributed by atoms with Gasteiger partial charge in [0.1, 0.15) is 5.75 Å². The number of benzene rings is 2. The van der Waals surface area contributed by atoms with Crippen LogP contribution in [-0.2, 0) is 4.79 Å². The van der Waals surface area contributed by atoms with E-state index in [9.17, 15) is 4.79 Å². The third-order valence-corrected chi connectivity index (χ3v) is 3.09. The minimum atomic E-state index is -0.251. The third kappa shape index (κ3) is 4.09. The number of oxime groups is 1. The Labute approximate surface area is 129 Å². The van der Waals surface area contributed by atoms with E-state index in [1.807, 2.05) is 37.3 Å². The van der Waals surface area contributed by atoms with Crippen molar-refractivity contribution in [3.05, 3.63) is 59.7 Å². The first-order valence-electron chi connectivity index (χ1n) is 6.87. The summed E-state index contributed by atoms with van der Waals surface area (Å²) in [6, 6.07) is 14.6. The third-order valence-electron chi connectivity index (χ3n) is 3.09. The molecule has 2 N–H and O–H groups in total. The number of anilines is 1. The van der Waals surface area contributed by atoms with Gasteiger partial charge in [-0.3, -0.25) is 4.79 Å². The largest absolute Gasteiger partial charge is 0.483 e. The van der Waals surface area contributed by atoms with E-state index in [-0.39, 0.29) is 12.5 Å². The molecule has 5 heteroatoms. The first-order valence-corrected chi connectivity index (χ1v) is 6.87. The maximum atomic E-state index is 11.9. The van der Waals surface area contributed by atoms with Crippen molar-refractivity contribution in [2.45, 2.75) is 13.8 Å². The van der Waals surface area contributed by atoms with E-state index in [0.717, 1.165) is 11.3 Å². The molecule has 0 aliphatic carbocycles. The Morgan fingerprint density at radius 1 is 1.23 bits per heavy atom. The highest BCUT2D eigenvalue weighted by molar-refractivity contribution is 6.00. The highest BCUT2D eigenvalue weighted by Gasteiger charge is 2.09. The summed E-state index contributed by atoms with van der Waals surface area (Å²) in [6.07, 6.45) is 0. The molecule has 0 bridgehead atoms. The zero-order chi connectivity index (χ0) is 15.9. The minimum Gasteiger partial charge on any atom is -0.483 e. The highest BCUT2D eigenvalue weighted by Crippen LogP contribution is 2.19. The van der Waals surface area contributed by atoms with Crippen molar-refractivity contribution >= 4 is 17.3 Å². The van der Waals surface area contributed by atoms with E-state index in [0.29, 0.717) is 17.0 Å². The van der Waals surface area contributed by atoms with E-state index in [1.54, 1.807) is 25.1 Å². The predicted octanol–water partition coefficient (Wildman–Crippen LogP) is 3.21. The fourth-order valence-electron chi connectivity index (χ4n) is 2.01. The van der Waals surface area contributed by atoms with Crippen LogP contribution < -0.4 is 10.1 Å². The molecule has 114 valence electrons. The standard InChI is InChI=1S/C17H18N2O3/c1-12-6-5-7-14(10-12)18-17(20)11-22-16-9-4-3-8-15(16)13(2)19-21/h3-10,21H,11H2,1-2H3,(H,18,20)/b19-13+. The Hall–Kier alpha value is -2.82. The van der Waals surface area contributed by atoms with Crippen LogP contribution >= 0.6 is 0 Å².